The van der Waals surface area contributed by atoms with Crippen molar-refractivity contribution in [2.45, 2.75) is 19.3 Å². The molecule has 0 saturated heterocycles. The van der Waals surface area contributed by atoms with E-state index in [1.54, 1.807) is 18.6 Å². The van der Waals surface area contributed by atoms with Gasteiger partial charge in [-0.25, -0.2) is 0 Å². The summed E-state index contributed by atoms with van der Waals surface area (Å²) < 4.78 is 9.40. The largest absolute Gasteiger partial charge is 0.388 e. The summed E-state index contributed by atoms with van der Waals surface area (Å²) in [5.41, 5.74) is 0. The van der Waals surface area contributed by atoms with Crippen molar-refractivity contribution in [3.8, 4) is 12.5 Å². The van der Waals surface area contributed by atoms with Gasteiger partial charge in [-0.05, 0) is 49.5 Å². The molecule has 4 heteroatoms. The maximum atomic E-state index is 8.39. The van der Waals surface area contributed by atoms with Crippen LogP contribution >= 0.6 is 0 Å². The highest BCUT2D eigenvalue weighted by molar-refractivity contribution is 5.20. The zero-order chi connectivity index (χ0) is 14.6. The highest BCUT2D eigenvalue weighted by atomic mass is 16.5. The van der Waals surface area contributed by atoms with Crippen molar-refractivity contribution < 1.29 is 9.47 Å². The Morgan fingerprint density at radius 2 is 2.30 bits per heavy atom. The molecule has 4 nitrogen and oxygen atoms in total. The molecule has 0 amide bonds. The average molecular weight is 268 g/mol. The van der Waals surface area contributed by atoms with E-state index in [4.69, 9.17) is 15.3 Å². The normalized spacial score (nSPS) is 18.0. The quantitative estimate of drug-likeness (QED) is 0.399. The van der Waals surface area contributed by atoms with Gasteiger partial charge in [-0.1, -0.05) is 24.8 Å². The van der Waals surface area contributed by atoms with Crippen LogP contribution in [0, 0.1) is 29.0 Å². The van der Waals surface area contributed by atoms with Crippen molar-refractivity contribution in [3.05, 3.63) is 60.6 Å². The first-order chi connectivity index (χ1) is 9.80. The van der Waals surface area contributed by atoms with Crippen molar-refractivity contribution in [1.29, 1.82) is 10.5 Å². The summed E-state index contributed by atoms with van der Waals surface area (Å²) >= 11 is 0. The van der Waals surface area contributed by atoms with E-state index in [2.05, 4.69) is 17.4 Å². The van der Waals surface area contributed by atoms with Crippen molar-refractivity contribution >= 4 is 0 Å². The fourth-order valence-electron chi connectivity index (χ4n) is 1.75. The topological polar surface area (TPSA) is 66.0 Å². The van der Waals surface area contributed by atoms with Gasteiger partial charge in [-0.3, -0.25) is 0 Å². The molecule has 0 saturated carbocycles. The van der Waals surface area contributed by atoms with Crippen LogP contribution in [0.5, 0.6) is 0 Å². The molecule has 0 spiro atoms. The summed E-state index contributed by atoms with van der Waals surface area (Å²) in [6, 6.07) is 0. The van der Waals surface area contributed by atoms with Crippen molar-refractivity contribution in [2.75, 3.05) is 0 Å². The van der Waals surface area contributed by atoms with Crippen LogP contribution in [0.2, 0.25) is 0 Å². The van der Waals surface area contributed by atoms with Gasteiger partial charge in [-0.15, -0.1) is 10.5 Å². The molecule has 0 unspecified atom stereocenters. The number of rotatable bonds is 7. The lowest BCUT2D eigenvalue weighted by molar-refractivity contribution is 0.383. The molecule has 0 N–H and O–H groups in total. The van der Waals surface area contributed by atoms with Gasteiger partial charge in [0.05, 0.1) is 0 Å². The molecule has 0 bridgehead atoms. The standard InChI is InChI=1S/C16H16N2O2/c1-2-15(19-12-17)7-5-3-4-6-14-8-10-16(11-9-14)20-13-18/h2-3,5,7-8,10-11,14H,1,4,6,9H2/b5-3+,15-7+/t14-/m0/s1. The van der Waals surface area contributed by atoms with E-state index in [0.717, 1.165) is 19.3 Å². The van der Waals surface area contributed by atoms with Gasteiger partial charge in [0.15, 0.2) is 0 Å². The van der Waals surface area contributed by atoms with Gasteiger partial charge >= 0.3 is 0 Å². The lowest BCUT2D eigenvalue weighted by atomic mass is 9.95. The Balaban J connectivity index is 2.30. The summed E-state index contributed by atoms with van der Waals surface area (Å²) in [7, 11) is 0. The Bertz CT molecular complexity index is 528. The third-order valence-corrected chi connectivity index (χ3v) is 2.78. The summed E-state index contributed by atoms with van der Waals surface area (Å²) in [4.78, 5) is 0. The molecule has 0 radical (unpaired) electrons. The predicted molar refractivity (Wildman–Crippen MR) is 75.4 cm³/mol. The molecule has 1 atom stereocenters. The first kappa shape index (κ1) is 15.3. The molecule has 0 aliphatic heterocycles. The molecule has 1 aliphatic rings. The van der Waals surface area contributed by atoms with Gasteiger partial charge in [0.25, 0.3) is 12.5 Å². The maximum absolute atomic E-state index is 8.39. The molecular formula is C16H16N2O2. The molecule has 102 valence electrons. The molecule has 0 aromatic carbocycles. The van der Waals surface area contributed by atoms with E-state index < -0.39 is 0 Å². The van der Waals surface area contributed by atoms with E-state index >= 15 is 0 Å². The summed E-state index contributed by atoms with van der Waals surface area (Å²) in [6.45, 7) is 3.55. The Morgan fingerprint density at radius 3 is 2.90 bits per heavy atom. The van der Waals surface area contributed by atoms with E-state index in [0.29, 0.717) is 17.4 Å². The van der Waals surface area contributed by atoms with Crippen LogP contribution in [-0.2, 0) is 9.47 Å². The predicted octanol–water partition coefficient (Wildman–Crippen LogP) is 3.85. The fraction of sp³-hybridized carbons (Fsp3) is 0.250. The molecule has 1 aliphatic carbocycles. The minimum absolute atomic E-state index is 0.433. The van der Waals surface area contributed by atoms with Gasteiger partial charge in [0, 0.05) is 0 Å². The van der Waals surface area contributed by atoms with E-state index in [9.17, 15) is 0 Å². The minimum Gasteiger partial charge on any atom is -0.388 e. The zero-order valence-corrected chi connectivity index (χ0v) is 11.2. The van der Waals surface area contributed by atoms with Crippen LogP contribution in [0.3, 0.4) is 0 Å². The van der Waals surface area contributed by atoms with Gasteiger partial charge in [0.1, 0.15) is 11.5 Å². The first-order valence-electron chi connectivity index (χ1n) is 6.29. The zero-order valence-electron chi connectivity index (χ0n) is 11.2. The second kappa shape index (κ2) is 9.24. The first-order valence-corrected chi connectivity index (χ1v) is 6.29. The molecule has 0 fully saturated rings. The number of nitriles is 2. The second-order valence-corrected chi connectivity index (χ2v) is 4.13. The monoisotopic (exact) mass is 268 g/mol. The Kier molecular flexibility index (Phi) is 7.09. The van der Waals surface area contributed by atoms with Crippen LogP contribution in [0.15, 0.2) is 60.6 Å². The highest BCUT2D eigenvalue weighted by Gasteiger charge is 2.08. The molecule has 0 aromatic rings. The van der Waals surface area contributed by atoms with Gasteiger partial charge in [-0.2, -0.15) is 0 Å². The number of allylic oxidation sites excluding steroid dienone is 7. The summed E-state index contributed by atoms with van der Waals surface area (Å²) in [5.74, 6) is 1.51. The number of ether oxygens (including phenoxy) is 2. The van der Waals surface area contributed by atoms with Gasteiger partial charge < -0.3 is 9.47 Å². The Morgan fingerprint density at radius 1 is 1.45 bits per heavy atom. The number of nitrogens with zero attached hydrogens (tertiary/aromatic N) is 2. The Hall–Kier alpha value is -2.72. The number of hydrogen-bond donors (Lipinski definition) is 0. The average Bonchev–Trinajstić information content (AvgIpc) is 2.48. The fourth-order valence-corrected chi connectivity index (χ4v) is 1.75. The molecule has 1 rings (SSSR count). The van der Waals surface area contributed by atoms with Crippen molar-refractivity contribution in [2.24, 2.45) is 5.92 Å². The summed E-state index contributed by atoms with van der Waals surface area (Å²) in [6.07, 6.45) is 18.9. The minimum atomic E-state index is 0.433. The van der Waals surface area contributed by atoms with Crippen LogP contribution in [0.4, 0.5) is 0 Å². The van der Waals surface area contributed by atoms with E-state index in [-0.39, 0.29) is 0 Å². The SMILES string of the molecule is C=C/C(=C\C=C\CC[C@H]1C=CC(OC#N)=CC1)OC#N. The third-order valence-electron chi connectivity index (χ3n) is 2.78. The van der Waals surface area contributed by atoms with E-state index in [1.807, 2.05) is 24.3 Å². The lowest BCUT2D eigenvalue weighted by Crippen LogP contribution is -2.00. The second-order valence-electron chi connectivity index (χ2n) is 4.13. The van der Waals surface area contributed by atoms with Gasteiger partial charge in [0.2, 0.25) is 0 Å². The van der Waals surface area contributed by atoms with Crippen LogP contribution in [0.25, 0.3) is 0 Å². The molecular weight excluding hydrogens is 252 g/mol. The summed E-state index contributed by atoms with van der Waals surface area (Å²) in [5, 5.41) is 16.8. The lowest BCUT2D eigenvalue weighted by Gasteiger charge is -2.13. The third kappa shape index (κ3) is 5.75. The molecule has 0 aromatic heterocycles. The maximum Gasteiger partial charge on any atom is 0.292 e. The molecule has 0 heterocycles. The van der Waals surface area contributed by atoms with Crippen LogP contribution in [-0.4, -0.2) is 0 Å². The highest BCUT2D eigenvalue weighted by Crippen LogP contribution is 2.21. The van der Waals surface area contributed by atoms with Crippen LogP contribution in [0.1, 0.15) is 19.3 Å². The van der Waals surface area contributed by atoms with Crippen LogP contribution < -0.4 is 0 Å². The van der Waals surface area contributed by atoms with E-state index in [1.165, 1.54) is 6.08 Å². The molecule has 20 heavy (non-hydrogen) atoms. The van der Waals surface area contributed by atoms with Crippen molar-refractivity contribution in [3.63, 3.8) is 0 Å². The Labute approximate surface area is 119 Å². The number of hydrogen-bond acceptors (Lipinski definition) is 4. The smallest absolute Gasteiger partial charge is 0.292 e. The van der Waals surface area contributed by atoms with Crippen molar-refractivity contribution in [1.82, 2.24) is 0 Å².